The van der Waals surface area contributed by atoms with Gasteiger partial charge in [-0.3, -0.25) is 14.4 Å². The van der Waals surface area contributed by atoms with Gasteiger partial charge in [0.05, 0.1) is 11.3 Å². The van der Waals surface area contributed by atoms with Crippen molar-refractivity contribution in [2.75, 3.05) is 38.0 Å². The molecule has 30 heavy (non-hydrogen) atoms. The zero-order valence-corrected chi connectivity index (χ0v) is 18.7. The fourth-order valence-corrected chi connectivity index (χ4v) is 5.15. The molecular weight excluding hydrogens is 402 g/mol. The molecule has 8 heteroatoms. The molecule has 0 saturated carbocycles. The van der Waals surface area contributed by atoms with Crippen molar-refractivity contribution < 1.29 is 9.90 Å². The van der Waals surface area contributed by atoms with Gasteiger partial charge in [0, 0.05) is 39.5 Å². The largest absolute Gasteiger partial charge is 0.505 e. The Balaban J connectivity index is 1.99. The molecule has 1 aliphatic rings. The van der Waals surface area contributed by atoms with Gasteiger partial charge in [-0.05, 0) is 30.4 Å². The Kier molecular flexibility index (Phi) is 6.26. The summed E-state index contributed by atoms with van der Waals surface area (Å²) in [5.74, 6) is -0.565. The summed E-state index contributed by atoms with van der Waals surface area (Å²) in [5.41, 5.74) is -0.0802. The molecule has 160 valence electrons. The SMILES string of the molecule is CC[C@H](C1CC=CS1)N(C)c1c(N(C)c2cccc(C(=O)N(C)C)c2O)c(=O)c1=O. The smallest absolute Gasteiger partial charge is 0.257 e. The second-order valence-corrected chi connectivity index (χ2v) is 8.81. The number of thioether (sulfide) groups is 1. The number of phenolic OH excluding ortho intramolecular Hbond substituents is 1. The van der Waals surface area contributed by atoms with Gasteiger partial charge in [0.25, 0.3) is 16.8 Å². The van der Waals surface area contributed by atoms with Crippen molar-refractivity contribution in [2.45, 2.75) is 31.1 Å². The molecule has 1 heterocycles. The molecule has 0 aliphatic carbocycles. The van der Waals surface area contributed by atoms with Gasteiger partial charge in [0.15, 0.2) is 5.75 Å². The Morgan fingerprint density at radius 3 is 2.40 bits per heavy atom. The third kappa shape index (κ3) is 3.60. The maximum Gasteiger partial charge on any atom is 0.257 e. The van der Waals surface area contributed by atoms with Gasteiger partial charge in [0.2, 0.25) is 0 Å². The average Bonchev–Trinajstić information content (AvgIpc) is 3.25. The lowest BCUT2D eigenvalue weighted by molar-refractivity contribution is 0.0824. The zero-order valence-electron chi connectivity index (χ0n) is 17.9. The van der Waals surface area contributed by atoms with Crippen LogP contribution in [0.3, 0.4) is 0 Å². The van der Waals surface area contributed by atoms with Crippen LogP contribution in [0.4, 0.5) is 17.1 Å². The van der Waals surface area contributed by atoms with Crippen molar-refractivity contribution in [2.24, 2.45) is 0 Å². The maximum atomic E-state index is 12.5. The number of hydrogen-bond acceptors (Lipinski definition) is 7. The van der Waals surface area contributed by atoms with Crippen LogP contribution in [0.15, 0.2) is 39.3 Å². The molecule has 0 spiro atoms. The number of aromatic hydroxyl groups is 1. The Hall–Kier alpha value is -2.74. The van der Waals surface area contributed by atoms with E-state index < -0.39 is 10.9 Å². The molecule has 3 rings (SSSR count). The highest BCUT2D eigenvalue weighted by molar-refractivity contribution is 8.03. The van der Waals surface area contributed by atoms with Crippen LogP contribution in [0.1, 0.15) is 30.1 Å². The number of carbonyl (C=O) groups excluding carboxylic acids is 1. The standard InChI is InChI=1S/C22H27N3O4S/c1-6-14(16-11-8-12-30-16)24(4)17-18(21(28)20(17)27)25(5)15-10-7-9-13(19(15)26)22(29)23(2)3/h7-10,12,14,16,26H,6,11H2,1-5H3/t14-,16?/m1/s1. The van der Waals surface area contributed by atoms with Gasteiger partial charge in [-0.1, -0.05) is 19.1 Å². The number of para-hydroxylation sites is 1. The highest BCUT2D eigenvalue weighted by Crippen LogP contribution is 2.39. The number of allylic oxidation sites excluding steroid dienone is 1. The number of nitrogens with zero attached hydrogens (tertiary/aromatic N) is 3. The summed E-state index contributed by atoms with van der Waals surface area (Å²) in [6.45, 7) is 2.07. The van der Waals surface area contributed by atoms with Gasteiger partial charge < -0.3 is 19.8 Å². The van der Waals surface area contributed by atoms with E-state index in [4.69, 9.17) is 0 Å². The van der Waals surface area contributed by atoms with Crippen LogP contribution in [0.2, 0.25) is 0 Å². The fraction of sp³-hybridized carbons (Fsp3) is 0.409. The third-order valence-corrected chi connectivity index (χ3v) is 6.83. The fourth-order valence-electron chi connectivity index (χ4n) is 3.94. The van der Waals surface area contributed by atoms with E-state index in [1.54, 1.807) is 45.0 Å². The van der Waals surface area contributed by atoms with Crippen LogP contribution < -0.4 is 20.7 Å². The number of amides is 1. The van der Waals surface area contributed by atoms with E-state index in [0.717, 1.165) is 12.8 Å². The summed E-state index contributed by atoms with van der Waals surface area (Å²) in [5, 5.41) is 13.1. The maximum absolute atomic E-state index is 12.5. The Bertz CT molecular complexity index is 1050. The third-order valence-electron chi connectivity index (χ3n) is 5.62. The first-order chi connectivity index (χ1) is 14.2. The van der Waals surface area contributed by atoms with Crippen LogP contribution in [0.5, 0.6) is 5.75 Å². The van der Waals surface area contributed by atoms with Gasteiger partial charge in [-0.15, -0.1) is 11.8 Å². The summed E-state index contributed by atoms with van der Waals surface area (Å²) in [7, 11) is 6.66. The van der Waals surface area contributed by atoms with Crippen molar-refractivity contribution in [3.63, 3.8) is 0 Å². The molecule has 0 fully saturated rings. The van der Waals surface area contributed by atoms with Crippen LogP contribution >= 0.6 is 11.8 Å². The highest BCUT2D eigenvalue weighted by Gasteiger charge is 2.34. The number of hydrogen-bond donors (Lipinski definition) is 1. The van der Waals surface area contributed by atoms with Crippen molar-refractivity contribution in [1.29, 1.82) is 0 Å². The Morgan fingerprint density at radius 2 is 1.83 bits per heavy atom. The Labute approximate surface area is 180 Å². The van der Waals surface area contributed by atoms with Gasteiger partial charge >= 0.3 is 0 Å². The topological polar surface area (TPSA) is 81.2 Å². The molecule has 1 amide bonds. The zero-order chi connectivity index (χ0) is 22.2. The van der Waals surface area contributed by atoms with Crippen molar-refractivity contribution >= 4 is 34.7 Å². The first kappa shape index (κ1) is 22.0. The van der Waals surface area contributed by atoms with E-state index in [0.29, 0.717) is 16.6 Å². The van der Waals surface area contributed by atoms with Crippen LogP contribution in [0.25, 0.3) is 0 Å². The lowest BCUT2D eigenvalue weighted by Gasteiger charge is -2.36. The van der Waals surface area contributed by atoms with Gasteiger partial charge in [-0.2, -0.15) is 0 Å². The summed E-state index contributed by atoms with van der Waals surface area (Å²) >= 11 is 1.74. The van der Waals surface area contributed by atoms with E-state index in [9.17, 15) is 19.5 Å². The average molecular weight is 430 g/mol. The number of rotatable bonds is 7. The van der Waals surface area contributed by atoms with Crippen LogP contribution in [-0.2, 0) is 0 Å². The number of anilines is 3. The molecular formula is C22H27N3O4S. The van der Waals surface area contributed by atoms with Crippen LogP contribution in [-0.4, -0.2) is 55.4 Å². The quantitative estimate of drug-likeness (QED) is 0.678. The van der Waals surface area contributed by atoms with Gasteiger partial charge in [0.1, 0.15) is 11.4 Å². The molecule has 1 aliphatic heterocycles. The Morgan fingerprint density at radius 1 is 1.17 bits per heavy atom. The first-order valence-corrected chi connectivity index (χ1v) is 10.8. The lowest BCUT2D eigenvalue weighted by atomic mass is 10.0. The van der Waals surface area contributed by atoms with E-state index in [-0.39, 0.29) is 28.9 Å². The molecule has 7 nitrogen and oxygen atoms in total. The van der Waals surface area contributed by atoms with Crippen molar-refractivity contribution in [3.8, 4) is 5.75 Å². The van der Waals surface area contributed by atoms with E-state index >= 15 is 0 Å². The number of carbonyl (C=O) groups is 1. The molecule has 0 saturated heterocycles. The summed E-state index contributed by atoms with van der Waals surface area (Å²) in [6, 6.07) is 4.89. The number of phenols is 1. The molecule has 0 aromatic heterocycles. The van der Waals surface area contributed by atoms with Gasteiger partial charge in [-0.25, -0.2) is 0 Å². The summed E-state index contributed by atoms with van der Waals surface area (Å²) in [4.78, 5) is 42.1. The van der Waals surface area contributed by atoms with E-state index in [1.165, 1.54) is 15.9 Å². The summed E-state index contributed by atoms with van der Waals surface area (Å²) in [6.07, 6.45) is 3.87. The predicted molar refractivity (Wildman–Crippen MR) is 123 cm³/mol. The molecule has 2 aromatic rings. The minimum absolute atomic E-state index is 0.0932. The second-order valence-electron chi connectivity index (χ2n) is 7.66. The number of benzene rings is 1. The second kappa shape index (κ2) is 8.55. The summed E-state index contributed by atoms with van der Waals surface area (Å²) < 4.78 is 0. The molecule has 0 bridgehead atoms. The van der Waals surface area contributed by atoms with Crippen molar-refractivity contribution in [3.05, 3.63) is 55.7 Å². The molecule has 2 atom stereocenters. The minimum Gasteiger partial charge on any atom is -0.505 e. The van der Waals surface area contributed by atoms with Crippen LogP contribution in [0, 0.1) is 0 Å². The minimum atomic E-state index is -0.588. The molecule has 0 radical (unpaired) electrons. The molecule has 1 unspecified atom stereocenters. The predicted octanol–water partition coefficient (Wildman–Crippen LogP) is 2.69. The molecule has 1 N–H and O–H groups in total. The van der Waals surface area contributed by atoms with E-state index in [2.05, 4.69) is 18.4 Å². The first-order valence-electron chi connectivity index (χ1n) is 9.84. The van der Waals surface area contributed by atoms with E-state index in [1.807, 2.05) is 11.9 Å². The lowest BCUT2D eigenvalue weighted by Crippen LogP contribution is -2.48. The monoisotopic (exact) mass is 429 g/mol. The normalized spacial score (nSPS) is 16.6. The van der Waals surface area contributed by atoms with Crippen molar-refractivity contribution in [1.82, 2.24) is 4.90 Å². The highest BCUT2D eigenvalue weighted by atomic mass is 32.2. The molecule has 2 aromatic carbocycles.